The second-order valence-corrected chi connectivity index (χ2v) is 9.10. The number of hydrogen-bond donors (Lipinski definition) is 0. The topological polar surface area (TPSA) is 93.2 Å². The van der Waals surface area contributed by atoms with Gasteiger partial charge in [-0.1, -0.05) is 65.7 Å². The van der Waals surface area contributed by atoms with Crippen LogP contribution in [0.3, 0.4) is 0 Å². The van der Waals surface area contributed by atoms with Crippen molar-refractivity contribution in [2.24, 2.45) is 5.92 Å². The van der Waals surface area contributed by atoms with Crippen molar-refractivity contribution < 1.29 is 28.8 Å². The van der Waals surface area contributed by atoms with Crippen molar-refractivity contribution in [3.8, 4) is 11.1 Å². The minimum atomic E-state index is -0.724. The van der Waals surface area contributed by atoms with Crippen LogP contribution in [0, 0.1) is 5.92 Å². The summed E-state index contributed by atoms with van der Waals surface area (Å²) in [5.74, 6) is -2.78. The minimum Gasteiger partial charge on any atom is -0.448 e. The average Bonchev–Trinajstić information content (AvgIpc) is 3.59. The first-order valence-electron chi connectivity index (χ1n) is 11.8. The fourth-order valence-corrected chi connectivity index (χ4v) is 5.22. The van der Waals surface area contributed by atoms with E-state index in [4.69, 9.17) is 9.57 Å². The molecule has 6 rings (SSSR count). The van der Waals surface area contributed by atoms with E-state index in [1.165, 1.54) is 17.0 Å². The lowest BCUT2D eigenvalue weighted by molar-refractivity contribution is -0.173. The number of benzene rings is 3. The van der Waals surface area contributed by atoms with E-state index in [1.807, 2.05) is 24.3 Å². The minimum absolute atomic E-state index is 0.0569. The zero-order chi connectivity index (χ0) is 24.8. The molecule has 1 saturated heterocycles. The maximum Gasteiger partial charge on any atom is 0.409 e. The van der Waals surface area contributed by atoms with Crippen LogP contribution in [0.5, 0.6) is 0 Å². The molecule has 0 aromatic heterocycles. The van der Waals surface area contributed by atoms with Gasteiger partial charge >= 0.3 is 12.1 Å². The molecule has 3 amide bonds. The van der Waals surface area contributed by atoms with E-state index in [9.17, 15) is 19.2 Å². The Labute approximate surface area is 207 Å². The number of carbonyl (C=O) groups is 4. The lowest BCUT2D eigenvalue weighted by Gasteiger charge is -2.19. The molecule has 1 atom stereocenters. The summed E-state index contributed by atoms with van der Waals surface area (Å²) in [5.41, 5.74) is 4.92. The quantitative estimate of drug-likeness (QED) is 0.522. The van der Waals surface area contributed by atoms with E-state index in [2.05, 4.69) is 24.3 Å². The van der Waals surface area contributed by atoms with Crippen molar-refractivity contribution >= 4 is 23.9 Å². The smallest absolute Gasteiger partial charge is 0.409 e. The van der Waals surface area contributed by atoms with E-state index in [1.54, 1.807) is 12.1 Å². The van der Waals surface area contributed by atoms with Crippen molar-refractivity contribution in [3.63, 3.8) is 0 Å². The number of carbonyl (C=O) groups excluding carboxylic acids is 4. The number of amides is 3. The van der Waals surface area contributed by atoms with Gasteiger partial charge in [0.1, 0.15) is 6.61 Å². The van der Waals surface area contributed by atoms with Crippen LogP contribution in [0.25, 0.3) is 11.1 Å². The fraction of sp³-hybridized carbons (Fsp3) is 0.214. The Morgan fingerprint density at radius 1 is 0.778 bits per heavy atom. The van der Waals surface area contributed by atoms with Crippen LogP contribution in [-0.4, -0.2) is 53.5 Å². The third-order valence-electron chi connectivity index (χ3n) is 7.05. The molecule has 2 aliphatic heterocycles. The highest BCUT2D eigenvalue weighted by atomic mass is 16.7. The molecule has 3 aliphatic rings. The standard InChI is InChI=1S/C28H22N2O6/c31-25-22-11-5-6-12-23(22)26(32)30(25)36-27(33)17-13-14-29(15-17)28(34)35-16-24-20-9-3-1-7-18(20)19-8-2-4-10-21(19)24/h1-12,17,24H,13-16H2. The Morgan fingerprint density at radius 3 is 1.89 bits per heavy atom. The summed E-state index contributed by atoms with van der Waals surface area (Å²) >= 11 is 0. The van der Waals surface area contributed by atoms with Gasteiger partial charge in [-0.05, 0) is 40.8 Å². The summed E-state index contributed by atoms with van der Waals surface area (Å²) in [6.07, 6.45) is -0.153. The number of hydroxylamine groups is 2. The maximum atomic E-state index is 12.8. The Hall–Kier alpha value is -4.46. The highest BCUT2D eigenvalue weighted by Gasteiger charge is 2.41. The summed E-state index contributed by atoms with van der Waals surface area (Å²) in [4.78, 5) is 57.1. The van der Waals surface area contributed by atoms with Gasteiger partial charge in [0.15, 0.2) is 0 Å². The SMILES string of the molecule is O=C(ON1C(=O)c2ccccc2C1=O)C1CCN(C(=O)OCC2c3ccccc3-c3ccccc32)C1. The number of ether oxygens (including phenoxy) is 1. The normalized spacial score (nSPS) is 18.2. The molecule has 0 saturated carbocycles. The fourth-order valence-electron chi connectivity index (χ4n) is 5.22. The van der Waals surface area contributed by atoms with Crippen LogP contribution in [0.4, 0.5) is 4.79 Å². The van der Waals surface area contributed by atoms with Gasteiger partial charge in [0.25, 0.3) is 11.8 Å². The lowest BCUT2D eigenvalue weighted by Crippen LogP contribution is -2.36. The molecule has 2 heterocycles. The van der Waals surface area contributed by atoms with E-state index in [0.717, 1.165) is 22.3 Å². The van der Waals surface area contributed by atoms with Crippen molar-refractivity contribution in [1.29, 1.82) is 0 Å². The van der Waals surface area contributed by atoms with Crippen LogP contribution in [0.2, 0.25) is 0 Å². The van der Waals surface area contributed by atoms with Gasteiger partial charge in [-0.2, -0.15) is 0 Å². The summed E-state index contributed by atoms with van der Waals surface area (Å²) in [6.45, 7) is 0.602. The predicted octanol–water partition coefficient (Wildman–Crippen LogP) is 4.01. The molecule has 0 spiro atoms. The zero-order valence-electron chi connectivity index (χ0n) is 19.3. The summed E-state index contributed by atoms with van der Waals surface area (Å²) < 4.78 is 5.68. The molecule has 1 unspecified atom stereocenters. The molecule has 0 N–H and O–H groups in total. The van der Waals surface area contributed by atoms with Gasteiger partial charge in [-0.25, -0.2) is 9.59 Å². The molecule has 1 aliphatic carbocycles. The highest BCUT2D eigenvalue weighted by molar-refractivity contribution is 6.20. The van der Waals surface area contributed by atoms with E-state index >= 15 is 0 Å². The third kappa shape index (κ3) is 3.53. The van der Waals surface area contributed by atoms with Crippen LogP contribution in [0.15, 0.2) is 72.8 Å². The van der Waals surface area contributed by atoms with Crippen molar-refractivity contribution in [3.05, 3.63) is 95.1 Å². The first kappa shape index (κ1) is 22.0. The van der Waals surface area contributed by atoms with Gasteiger partial charge in [0.05, 0.1) is 17.0 Å². The van der Waals surface area contributed by atoms with Gasteiger partial charge in [0.2, 0.25) is 0 Å². The summed E-state index contributed by atoms with van der Waals surface area (Å²) in [6, 6.07) is 22.5. The number of fused-ring (bicyclic) bond motifs is 4. The Bertz CT molecular complexity index is 1340. The van der Waals surface area contributed by atoms with E-state index < -0.39 is 29.8 Å². The van der Waals surface area contributed by atoms with Crippen molar-refractivity contribution in [2.45, 2.75) is 12.3 Å². The number of hydrogen-bond acceptors (Lipinski definition) is 6. The average molecular weight is 482 g/mol. The van der Waals surface area contributed by atoms with Crippen LogP contribution in [0.1, 0.15) is 44.2 Å². The van der Waals surface area contributed by atoms with Crippen LogP contribution in [-0.2, 0) is 14.4 Å². The number of imide groups is 1. The molecular formula is C28H22N2O6. The number of rotatable bonds is 4. The van der Waals surface area contributed by atoms with E-state index in [-0.39, 0.29) is 30.2 Å². The Balaban J connectivity index is 1.07. The van der Waals surface area contributed by atoms with Crippen LogP contribution >= 0.6 is 0 Å². The largest absolute Gasteiger partial charge is 0.448 e. The monoisotopic (exact) mass is 482 g/mol. The second kappa shape index (κ2) is 8.64. The number of likely N-dealkylation sites (tertiary alicyclic amines) is 1. The molecule has 1 fully saturated rings. The third-order valence-corrected chi connectivity index (χ3v) is 7.05. The zero-order valence-corrected chi connectivity index (χ0v) is 19.3. The molecule has 8 nitrogen and oxygen atoms in total. The van der Waals surface area contributed by atoms with Gasteiger partial charge < -0.3 is 14.5 Å². The van der Waals surface area contributed by atoms with Crippen LogP contribution < -0.4 is 0 Å². The molecule has 3 aromatic rings. The van der Waals surface area contributed by atoms with Gasteiger partial charge in [-0.3, -0.25) is 9.59 Å². The molecule has 3 aromatic carbocycles. The number of nitrogens with zero attached hydrogens (tertiary/aromatic N) is 2. The van der Waals surface area contributed by atoms with Gasteiger partial charge in [0, 0.05) is 19.0 Å². The molecule has 180 valence electrons. The van der Waals surface area contributed by atoms with Crippen molar-refractivity contribution in [1.82, 2.24) is 9.96 Å². The first-order valence-corrected chi connectivity index (χ1v) is 11.8. The molecule has 0 radical (unpaired) electrons. The molecular weight excluding hydrogens is 460 g/mol. The summed E-state index contributed by atoms with van der Waals surface area (Å²) in [5, 5.41) is 0.503. The predicted molar refractivity (Wildman–Crippen MR) is 128 cm³/mol. The summed E-state index contributed by atoms with van der Waals surface area (Å²) in [7, 11) is 0. The maximum absolute atomic E-state index is 12.8. The second-order valence-electron chi connectivity index (χ2n) is 9.10. The first-order chi connectivity index (χ1) is 17.5. The molecule has 36 heavy (non-hydrogen) atoms. The highest BCUT2D eigenvalue weighted by Crippen LogP contribution is 2.44. The lowest BCUT2D eigenvalue weighted by atomic mass is 9.98. The van der Waals surface area contributed by atoms with E-state index in [0.29, 0.717) is 18.0 Å². The molecule has 8 heteroatoms. The molecule has 0 bridgehead atoms. The van der Waals surface area contributed by atoms with Crippen molar-refractivity contribution in [2.75, 3.05) is 19.7 Å². The van der Waals surface area contributed by atoms with Gasteiger partial charge in [-0.15, -0.1) is 0 Å². The Kier molecular flexibility index (Phi) is 5.29. The Morgan fingerprint density at radius 2 is 1.31 bits per heavy atom.